The SMILES string of the molecule is CC(C(=O)NN1CCN(C)CC1)c1cccc(N)c1. The third kappa shape index (κ3) is 3.68. The van der Waals surface area contributed by atoms with Gasteiger partial charge >= 0.3 is 0 Å². The average Bonchev–Trinajstić information content (AvgIpc) is 2.40. The van der Waals surface area contributed by atoms with Crippen molar-refractivity contribution < 1.29 is 4.79 Å². The number of nitrogens with two attached hydrogens (primary N) is 1. The molecule has 1 aromatic rings. The van der Waals surface area contributed by atoms with Gasteiger partial charge in [-0.3, -0.25) is 10.2 Å². The summed E-state index contributed by atoms with van der Waals surface area (Å²) in [4.78, 5) is 14.5. The Morgan fingerprint density at radius 3 is 2.63 bits per heavy atom. The molecule has 0 aliphatic carbocycles. The number of benzene rings is 1. The quantitative estimate of drug-likeness (QED) is 0.785. The van der Waals surface area contributed by atoms with Crippen molar-refractivity contribution in [3.05, 3.63) is 29.8 Å². The summed E-state index contributed by atoms with van der Waals surface area (Å²) in [6.45, 7) is 5.60. The van der Waals surface area contributed by atoms with E-state index in [0.717, 1.165) is 31.7 Å². The molecule has 1 amide bonds. The molecule has 1 saturated heterocycles. The molecule has 0 aromatic heterocycles. The van der Waals surface area contributed by atoms with Gasteiger partial charge in [-0.1, -0.05) is 12.1 Å². The van der Waals surface area contributed by atoms with Crippen LogP contribution in [0.25, 0.3) is 0 Å². The van der Waals surface area contributed by atoms with E-state index in [1.165, 1.54) is 0 Å². The molecular formula is C14H22N4O. The molecule has 19 heavy (non-hydrogen) atoms. The first kappa shape index (κ1) is 13.8. The third-order valence-electron chi connectivity index (χ3n) is 3.58. The van der Waals surface area contributed by atoms with E-state index < -0.39 is 0 Å². The predicted molar refractivity (Wildman–Crippen MR) is 76.5 cm³/mol. The zero-order valence-corrected chi connectivity index (χ0v) is 11.6. The molecule has 0 spiro atoms. The number of carbonyl (C=O) groups is 1. The molecule has 1 atom stereocenters. The minimum atomic E-state index is -0.192. The zero-order valence-electron chi connectivity index (χ0n) is 11.6. The molecule has 1 aromatic carbocycles. The number of hydrogen-bond donors (Lipinski definition) is 2. The molecule has 0 saturated carbocycles. The van der Waals surface area contributed by atoms with Gasteiger partial charge in [0.2, 0.25) is 5.91 Å². The Morgan fingerprint density at radius 2 is 2.00 bits per heavy atom. The first-order chi connectivity index (χ1) is 9.06. The van der Waals surface area contributed by atoms with Gasteiger partial charge in [-0.15, -0.1) is 0 Å². The molecule has 1 aliphatic heterocycles. The Bertz CT molecular complexity index is 441. The van der Waals surface area contributed by atoms with Gasteiger partial charge in [0.05, 0.1) is 5.92 Å². The largest absolute Gasteiger partial charge is 0.399 e. The minimum absolute atomic E-state index is 0.0233. The summed E-state index contributed by atoms with van der Waals surface area (Å²) in [6, 6.07) is 7.50. The van der Waals surface area contributed by atoms with Gasteiger partial charge in [-0.05, 0) is 31.7 Å². The van der Waals surface area contributed by atoms with Gasteiger partial charge in [0.25, 0.3) is 0 Å². The maximum absolute atomic E-state index is 12.2. The van der Waals surface area contributed by atoms with Crippen LogP contribution in [0.15, 0.2) is 24.3 Å². The number of anilines is 1. The van der Waals surface area contributed by atoms with Gasteiger partial charge in [0, 0.05) is 31.9 Å². The van der Waals surface area contributed by atoms with Crippen LogP contribution in [0.5, 0.6) is 0 Å². The first-order valence-corrected chi connectivity index (χ1v) is 6.65. The fourth-order valence-electron chi connectivity index (χ4n) is 2.15. The molecule has 5 nitrogen and oxygen atoms in total. The number of nitrogens with zero attached hydrogens (tertiary/aromatic N) is 2. The van der Waals surface area contributed by atoms with Crippen LogP contribution < -0.4 is 11.2 Å². The lowest BCUT2D eigenvalue weighted by Crippen LogP contribution is -2.53. The van der Waals surface area contributed by atoms with E-state index in [0.29, 0.717) is 5.69 Å². The van der Waals surface area contributed by atoms with E-state index in [-0.39, 0.29) is 11.8 Å². The number of nitrogens with one attached hydrogen (secondary N) is 1. The van der Waals surface area contributed by atoms with Gasteiger partial charge in [0.15, 0.2) is 0 Å². The average molecular weight is 262 g/mol. The predicted octanol–water partition coefficient (Wildman–Crippen LogP) is 0.651. The van der Waals surface area contributed by atoms with E-state index in [2.05, 4.69) is 17.4 Å². The summed E-state index contributed by atoms with van der Waals surface area (Å²) in [7, 11) is 2.09. The molecule has 2 rings (SSSR count). The van der Waals surface area contributed by atoms with Crippen molar-refractivity contribution in [2.45, 2.75) is 12.8 Å². The van der Waals surface area contributed by atoms with Crippen molar-refractivity contribution in [2.75, 3.05) is 39.0 Å². The van der Waals surface area contributed by atoms with Crippen molar-refractivity contribution >= 4 is 11.6 Å². The van der Waals surface area contributed by atoms with E-state index >= 15 is 0 Å². The number of amides is 1. The lowest BCUT2D eigenvalue weighted by atomic mass is 10.0. The monoisotopic (exact) mass is 262 g/mol. The highest BCUT2D eigenvalue weighted by Gasteiger charge is 2.20. The summed E-state index contributed by atoms with van der Waals surface area (Å²) in [5, 5.41) is 1.99. The third-order valence-corrected chi connectivity index (χ3v) is 3.58. The molecule has 3 N–H and O–H groups in total. The van der Waals surface area contributed by atoms with Gasteiger partial charge < -0.3 is 10.6 Å². The maximum Gasteiger partial charge on any atom is 0.241 e. The fraction of sp³-hybridized carbons (Fsp3) is 0.500. The molecule has 1 heterocycles. The maximum atomic E-state index is 12.2. The summed E-state index contributed by atoms with van der Waals surface area (Å²) < 4.78 is 0. The Balaban J connectivity index is 1.92. The molecule has 1 unspecified atom stereocenters. The van der Waals surface area contributed by atoms with E-state index in [1.54, 1.807) is 0 Å². The fourth-order valence-corrected chi connectivity index (χ4v) is 2.15. The summed E-state index contributed by atoms with van der Waals surface area (Å²) in [5.74, 6) is -0.168. The van der Waals surface area contributed by atoms with Crippen LogP contribution >= 0.6 is 0 Å². The van der Waals surface area contributed by atoms with Crippen molar-refractivity contribution in [2.24, 2.45) is 0 Å². The zero-order chi connectivity index (χ0) is 13.8. The Morgan fingerprint density at radius 1 is 1.32 bits per heavy atom. The molecule has 104 valence electrons. The van der Waals surface area contributed by atoms with Crippen LogP contribution in [0.2, 0.25) is 0 Å². The van der Waals surface area contributed by atoms with Crippen molar-refractivity contribution in [3.63, 3.8) is 0 Å². The second kappa shape index (κ2) is 6.04. The summed E-state index contributed by atoms with van der Waals surface area (Å²) in [5.41, 5.74) is 10.4. The van der Waals surface area contributed by atoms with Crippen molar-refractivity contribution in [3.8, 4) is 0 Å². The number of piperazine rings is 1. The number of nitrogen functional groups attached to an aromatic ring is 1. The number of rotatable bonds is 3. The van der Waals surface area contributed by atoms with E-state index in [4.69, 9.17) is 5.73 Å². The number of hydrogen-bond acceptors (Lipinski definition) is 4. The molecule has 5 heteroatoms. The normalized spacial score (nSPS) is 19.1. The van der Waals surface area contributed by atoms with Gasteiger partial charge in [-0.25, -0.2) is 5.01 Å². The summed E-state index contributed by atoms with van der Waals surface area (Å²) >= 11 is 0. The van der Waals surface area contributed by atoms with E-state index in [9.17, 15) is 4.79 Å². The highest BCUT2D eigenvalue weighted by Crippen LogP contribution is 2.18. The van der Waals surface area contributed by atoms with Gasteiger partial charge in [-0.2, -0.15) is 0 Å². The standard InChI is InChI=1S/C14H22N4O/c1-11(12-4-3-5-13(15)10-12)14(19)16-18-8-6-17(2)7-9-18/h3-5,10-11H,6-9,15H2,1-2H3,(H,16,19). The highest BCUT2D eigenvalue weighted by atomic mass is 16.2. The number of carbonyl (C=O) groups excluding carboxylic acids is 1. The lowest BCUT2D eigenvalue weighted by molar-refractivity contribution is -0.127. The van der Waals surface area contributed by atoms with Crippen molar-refractivity contribution in [1.29, 1.82) is 0 Å². The minimum Gasteiger partial charge on any atom is -0.399 e. The van der Waals surface area contributed by atoms with Gasteiger partial charge in [0.1, 0.15) is 0 Å². The molecule has 0 bridgehead atoms. The van der Waals surface area contributed by atoms with Crippen LogP contribution in [0, 0.1) is 0 Å². The second-order valence-corrected chi connectivity index (χ2v) is 5.16. The topological polar surface area (TPSA) is 61.6 Å². The molecular weight excluding hydrogens is 240 g/mol. The summed E-state index contributed by atoms with van der Waals surface area (Å²) in [6.07, 6.45) is 0. The Labute approximate surface area is 114 Å². The number of likely N-dealkylation sites (N-methyl/N-ethyl adjacent to an activating group) is 1. The number of hydrazine groups is 1. The Hall–Kier alpha value is -1.59. The Kier molecular flexibility index (Phi) is 4.39. The molecule has 1 aliphatic rings. The van der Waals surface area contributed by atoms with Crippen LogP contribution in [0.4, 0.5) is 5.69 Å². The van der Waals surface area contributed by atoms with Crippen molar-refractivity contribution in [1.82, 2.24) is 15.3 Å². The first-order valence-electron chi connectivity index (χ1n) is 6.65. The highest BCUT2D eigenvalue weighted by molar-refractivity contribution is 5.83. The van der Waals surface area contributed by atoms with Crippen LogP contribution in [0.1, 0.15) is 18.4 Å². The lowest BCUT2D eigenvalue weighted by Gasteiger charge is -2.33. The molecule has 0 radical (unpaired) electrons. The van der Waals surface area contributed by atoms with E-state index in [1.807, 2.05) is 36.2 Å². The smallest absolute Gasteiger partial charge is 0.241 e. The van der Waals surface area contributed by atoms with Crippen LogP contribution in [-0.2, 0) is 4.79 Å². The van der Waals surface area contributed by atoms with Crippen LogP contribution in [-0.4, -0.2) is 49.0 Å². The molecule has 1 fully saturated rings. The second-order valence-electron chi connectivity index (χ2n) is 5.16. The van der Waals surface area contributed by atoms with Crippen LogP contribution in [0.3, 0.4) is 0 Å².